The van der Waals surface area contributed by atoms with Crippen molar-refractivity contribution >= 4 is 15.9 Å². The van der Waals surface area contributed by atoms with E-state index in [0.717, 1.165) is 10.2 Å². The highest BCUT2D eigenvalue weighted by molar-refractivity contribution is 9.10. The van der Waals surface area contributed by atoms with E-state index < -0.39 is 6.10 Å². The van der Waals surface area contributed by atoms with Crippen molar-refractivity contribution < 1.29 is 14.3 Å². The molecule has 104 valence electrons. The average Bonchev–Trinajstić information content (AvgIpc) is 2.72. The molecule has 1 aromatic heterocycles. The first-order valence-electron chi connectivity index (χ1n) is 6.22. The number of hydrogen-bond acceptors (Lipinski definition) is 4. The predicted octanol–water partition coefficient (Wildman–Crippen LogP) is 2.73. The van der Waals surface area contributed by atoms with E-state index in [0.29, 0.717) is 25.7 Å². The second-order valence-electron chi connectivity index (χ2n) is 4.85. The molecule has 0 aliphatic rings. The Morgan fingerprint density at radius 3 is 2.67 bits per heavy atom. The van der Waals surface area contributed by atoms with Gasteiger partial charge in [-0.15, -0.1) is 0 Å². The van der Waals surface area contributed by atoms with Crippen molar-refractivity contribution in [2.75, 3.05) is 19.8 Å². The summed E-state index contributed by atoms with van der Waals surface area (Å²) >= 11 is 3.41. The molecule has 0 aliphatic carbocycles. The number of hydrogen-bond donors (Lipinski definition) is 2. The minimum absolute atomic E-state index is 0.0501. The van der Waals surface area contributed by atoms with Crippen LogP contribution in [0.4, 0.5) is 0 Å². The van der Waals surface area contributed by atoms with Gasteiger partial charge in [0.05, 0.1) is 29.5 Å². The molecular weight excluding hydrogens is 298 g/mol. The normalized spacial score (nSPS) is 15.0. The minimum Gasteiger partial charge on any atom is -0.466 e. The van der Waals surface area contributed by atoms with Crippen LogP contribution in [-0.2, 0) is 4.74 Å². The van der Waals surface area contributed by atoms with E-state index in [1.54, 1.807) is 6.26 Å². The van der Waals surface area contributed by atoms with E-state index in [1.165, 1.54) is 0 Å². The molecule has 1 rings (SSSR count). The van der Waals surface area contributed by atoms with Crippen molar-refractivity contribution in [1.82, 2.24) is 5.32 Å². The fraction of sp³-hybridized carbons (Fsp3) is 0.692. The van der Waals surface area contributed by atoms with Crippen LogP contribution >= 0.6 is 15.9 Å². The molecule has 0 radical (unpaired) electrons. The molecule has 2 unspecified atom stereocenters. The molecule has 0 spiro atoms. The van der Waals surface area contributed by atoms with Crippen LogP contribution in [0.25, 0.3) is 0 Å². The van der Waals surface area contributed by atoms with Crippen molar-refractivity contribution in [3.05, 3.63) is 22.6 Å². The summed E-state index contributed by atoms with van der Waals surface area (Å²) in [6, 6.07) is 1.91. The molecule has 0 saturated carbocycles. The largest absolute Gasteiger partial charge is 0.466 e. The lowest BCUT2D eigenvalue weighted by molar-refractivity contribution is 0.0249. The SMILES string of the molecule is CC(C)COCC(O)CNC(C)c1occc1Br. The first-order chi connectivity index (χ1) is 8.50. The first kappa shape index (κ1) is 15.7. The zero-order valence-corrected chi connectivity index (χ0v) is 12.7. The monoisotopic (exact) mass is 319 g/mol. The van der Waals surface area contributed by atoms with Gasteiger partial charge in [-0.3, -0.25) is 0 Å². The number of halogens is 1. The van der Waals surface area contributed by atoms with E-state index >= 15 is 0 Å². The molecule has 2 atom stereocenters. The summed E-state index contributed by atoms with van der Waals surface area (Å²) in [4.78, 5) is 0. The molecular formula is C13H22BrNO3. The van der Waals surface area contributed by atoms with Crippen LogP contribution in [0.1, 0.15) is 32.6 Å². The Bertz CT molecular complexity index is 341. The average molecular weight is 320 g/mol. The zero-order valence-electron chi connectivity index (χ0n) is 11.1. The number of nitrogens with one attached hydrogen (secondary N) is 1. The van der Waals surface area contributed by atoms with Crippen molar-refractivity contribution in [2.45, 2.75) is 32.9 Å². The Hall–Kier alpha value is -0.360. The van der Waals surface area contributed by atoms with Gasteiger partial charge in [0, 0.05) is 13.2 Å². The molecule has 18 heavy (non-hydrogen) atoms. The number of aliphatic hydroxyl groups is 1. The van der Waals surface area contributed by atoms with Crippen LogP contribution in [0.2, 0.25) is 0 Å². The van der Waals surface area contributed by atoms with Gasteiger partial charge in [0.25, 0.3) is 0 Å². The molecule has 0 amide bonds. The van der Waals surface area contributed by atoms with Gasteiger partial charge in [0.2, 0.25) is 0 Å². The lowest BCUT2D eigenvalue weighted by Crippen LogP contribution is -2.32. The Kier molecular flexibility index (Phi) is 6.92. The molecule has 0 bridgehead atoms. The molecule has 5 heteroatoms. The third kappa shape index (κ3) is 5.52. The maximum Gasteiger partial charge on any atom is 0.134 e. The fourth-order valence-electron chi connectivity index (χ4n) is 1.52. The molecule has 0 aliphatic heterocycles. The molecule has 1 heterocycles. The van der Waals surface area contributed by atoms with Crippen LogP contribution in [0.3, 0.4) is 0 Å². The smallest absolute Gasteiger partial charge is 0.134 e. The quantitative estimate of drug-likeness (QED) is 0.773. The lowest BCUT2D eigenvalue weighted by atomic mass is 10.2. The third-order valence-electron chi connectivity index (χ3n) is 2.46. The van der Waals surface area contributed by atoms with E-state index in [2.05, 4.69) is 35.1 Å². The Labute approximate surface area is 117 Å². The topological polar surface area (TPSA) is 54.6 Å². The molecule has 1 aromatic rings. The van der Waals surface area contributed by atoms with Crippen molar-refractivity contribution in [1.29, 1.82) is 0 Å². The van der Waals surface area contributed by atoms with Gasteiger partial charge < -0.3 is 19.6 Å². The van der Waals surface area contributed by atoms with E-state index in [9.17, 15) is 5.11 Å². The number of rotatable bonds is 8. The molecule has 4 nitrogen and oxygen atoms in total. The summed E-state index contributed by atoms with van der Waals surface area (Å²) in [6.07, 6.45) is 1.14. The lowest BCUT2D eigenvalue weighted by Gasteiger charge is -2.16. The number of aliphatic hydroxyl groups excluding tert-OH is 1. The molecule has 2 N–H and O–H groups in total. The van der Waals surface area contributed by atoms with Gasteiger partial charge in [-0.25, -0.2) is 0 Å². The van der Waals surface area contributed by atoms with E-state index in [-0.39, 0.29) is 6.04 Å². The summed E-state index contributed by atoms with van der Waals surface area (Å²) in [6.45, 7) is 7.67. The van der Waals surface area contributed by atoms with Crippen LogP contribution in [0.5, 0.6) is 0 Å². The standard InChI is InChI=1S/C13H22BrNO3/c1-9(2)7-17-8-11(16)6-15-10(3)13-12(14)4-5-18-13/h4-5,9-11,15-16H,6-8H2,1-3H3. The highest BCUT2D eigenvalue weighted by Gasteiger charge is 2.14. The maximum absolute atomic E-state index is 9.75. The zero-order chi connectivity index (χ0) is 13.5. The van der Waals surface area contributed by atoms with E-state index in [1.807, 2.05) is 13.0 Å². The fourth-order valence-corrected chi connectivity index (χ4v) is 2.06. The summed E-state index contributed by atoms with van der Waals surface area (Å²) < 4.78 is 11.7. The minimum atomic E-state index is -0.500. The van der Waals surface area contributed by atoms with Crippen LogP contribution < -0.4 is 5.32 Å². The Balaban J connectivity index is 2.22. The van der Waals surface area contributed by atoms with E-state index in [4.69, 9.17) is 9.15 Å². The van der Waals surface area contributed by atoms with Crippen LogP contribution in [-0.4, -0.2) is 31.0 Å². The number of ether oxygens (including phenoxy) is 1. The number of furan rings is 1. The van der Waals surface area contributed by atoms with Gasteiger partial charge in [-0.05, 0) is 34.8 Å². The van der Waals surface area contributed by atoms with Crippen molar-refractivity contribution in [2.24, 2.45) is 5.92 Å². The third-order valence-corrected chi connectivity index (χ3v) is 3.11. The van der Waals surface area contributed by atoms with Crippen molar-refractivity contribution in [3.8, 4) is 0 Å². The summed E-state index contributed by atoms with van der Waals surface area (Å²) in [7, 11) is 0. The second kappa shape index (κ2) is 7.94. The maximum atomic E-state index is 9.75. The Morgan fingerprint density at radius 2 is 2.11 bits per heavy atom. The molecule has 0 fully saturated rings. The summed E-state index contributed by atoms with van der Waals surface area (Å²) in [5.74, 6) is 1.33. The predicted molar refractivity (Wildman–Crippen MR) is 74.5 cm³/mol. The van der Waals surface area contributed by atoms with Gasteiger partial charge in [-0.2, -0.15) is 0 Å². The molecule has 0 aromatic carbocycles. The van der Waals surface area contributed by atoms with Gasteiger partial charge in [0.1, 0.15) is 5.76 Å². The second-order valence-corrected chi connectivity index (χ2v) is 5.70. The van der Waals surface area contributed by atoms with Gasteiger partial charge in [-0.1, -0.05) is 13.8 Å². The van der Waals surface area contributed by atoms with Gasteiger partial charge in [0.15, 0.2) is 0 Å². The van der Waals surface area contributed by atoms with Crippen LogP contribution in [0.15, 0.2) is 21.2 Å². The van der Waals surface area contributed by atoms with Gasteiger partial charge >= 0.3 is 0 Å². The van der Waals surface area contributed by atoms with Crippen molar-refractivity contribution in [3.63, 3.8) is 0 Å². The van der Waals surface area contributed by atoms with Crippen LogP contribution in [0, 0.1) is 5.92 Å². The Morgan fingerprint density at radius 1 is 1.39 bits per heavy atom. The first-order valence-corrected chi connectivity index (χ1v) is 7.02. The molecule has 0 saturated heterocycles. The summed E-state index contributed by atoms with van der Waals surface area (Å²) in [5, 5.41) is 13.0. The highest BCUT2D eigenvalue weighted by atomic mass is 79.9. The highest BCUT2D eigenvalue weighted by Crippen LogP contribution is 2.23. The summed E-state index contributed by atoms with van der Waals surface area (Å²) in [5.41, 5.74) is 0.